The molecule has 0 heterocycles. The van der Waals surface area contributed by atoms with Crippen LogP contribution in [0.1, 0.15) is 46.1 Å². The van der Waals surface area contributed by atoms with E-state index < -0.39 is 34.1 Å². The fraction of sp³-hybridized carbons (Fsp3) is 0.571. The average molecular weight is 467 g/mol. The van der Waals surface area contributed by atoms with Crippen molar-refractivity contribution in [3.8, 4) is 0 Å². The molecular formula is C28H34O6. The number of ether oxygens (including phenoxy) is 1. The minimum atomic E-state index is -1.78. The SMILES string of the molecule is CC1=C[C@@H]2[C@@]3(O)[C@H](C=C(CO)C[C@@]2(O)C1=O)[C@H]1C(C)(C)[C@@]1(OC(=O)Cc1ccccc1)C[C@@H]3C. The summed E-state index contributed by atoms with van der Waals surface area (Å²) in [5.41, 5.74) is -2.50. The molecular weight excluding hydrogens is 432 g/mol. The highest BCUT2D eigenvalue weighted by Gasteiger charge is 2.83. The third-order valence-electron chi connectivity index (χ3n) is 9.36. The number of rotatable bonds is 4. The number of hydrogen-bond acceptors (Lipinski definition) is 6. The van der Waals surface area contributed by atoms with Gasteiger partial charge in [0.2, 0.25) is 0 Å². The number of aliphatic hydroxyl groups is 3. The summed E-state index contributed by atoms with van der Waals surface area (Å²) < 4.78 is 6.24. The molecule has 7 atom stereocenters. The Bertz CT molecular complexity index is 1100. The normalized spacial score (nSPS) is 41.9. The largest absolute Gasteiger partial charge is 0.458 e. The van der Waals surface area contributed by atoms with E-state index in [0.717, 1.165) is 5.56 Å². The summed E-state index contributed by atoms with van der Waals surface area (Å²) in [6.45, 7) is 7.37. The lowest BCUT2D eigenvalue weighted by atomic mass is 9.60. The number of fused-ring (bicyclic) bond motifs is 5. The van der Waals surface area contributed by atoms with E-state index in [4.69, 9.17) is 4.74 Å². The number of Topliss-reactive ketones (excluding diaryl/α,β-unsaturated/α-hetero) is 1. The van der Waals surface area contributed by atoms with E-state index in [-0.39, 0.29) is 43.0 Å². The van der Waals surface area contributed by atoms with Crippen LogP contribution in [0.2, 0.25) is 0 Å². The van der Waals surface area contributed by atoms with Gasteiger partial charge in [-0.2, -0.15) is 0 Å². The first-order chi connectivity index (χ1) is 15.9. The van der Waals surface area contributed by atoms with Crippen LogP contribution in [-0.2, 0) is 20.7 Å². The molecule has 1 aromatic rings. The maximum Gasteiger partial charge on any atom is 0.310 e. The molecule has 0 aliphatic heterocycles. The molecule has 0 bridgehead atoms. The third-order valence-corrected chi connectivity index (χ3v) is 9.36. The summed E-state index contributed by atoms with van der Waals surface area (Å²) in [5, 5.41) is 33.9. The Kier molecular flexibility index (Phi) is 5.08. The molecule has 4 aliphatic carbocycles. The Morgan fingerprint density at radius 2 is 1.82 bits per heavy atom. The maximum absolute atomic E-state index is 13.0. The number of ketones is 1. The Morgan fingerprint density at radius 1 is 1.15 bits per heavy atom. The zero-order valence-corrected chi connectivity index (χ0v) is 20.2. The summed E-state index contributed by atoms with van der Waals surface area (Å²) in [7, 11) is 0. The van der Waals surface area contributed by atoms with Gasteiger partial charge in [-0.3, -0.25) is 9.59 Å². The molecule has 0 unspecified atom stereocenters. The molecule has 182 valence electrons. The predicted octanol–water partition coefficient (Wildman–Crippen LogP) is 2.75. The van der Waals surface area contributed by atoms with Crippen LogP contribution in [0.15, 0.2) is 53.6 Å². The highest BCUT2D eigenvalue weighted by Crippen LogP contribution is 2.76. The van der Waals surface area contributed by atoms with Crippen LogP contribution in [-0.4, -0.2) is 50.5 Å². The number of benzene rings is 1. The average Bonchev–Trinajstić information content (AvgIpc) is 3.18. The van der Waals surface area contributed by atoms with E-state index in [0.29, 0.717) is 17.6 Å². The van der Waals surface area contributed by atoms with Crippen molar-refractivity contribution in [2.75, 3.05) is 6.61 Å². The second-order valence-electron chi connectivity index (χ2n) is 11.5. The van der Waals surface area contributed by atoms with Crippen LogP contribution < -0.4 is 0 Å². The van der Waals surface area contributed by atoms with E-state index in [9.17, 15) is 24.9 Å². The molecule has 1 aromatic carbocycles. The van der Waals surface area contributed by atoms with Crippen molar-refractivity contribution in [1.29, 1.82) is 0 Å². The Labute approximate surface area is 200 Å². The first kappa shape index (κ1) is 23.5. The zero-order valence-electron chi connectivity index (χ0n) is 20.2. The van der Waals surface area contributed by atoms with E-state index >= 15 is 0 Å². The summed E-state index contributed by atoms with van der Waals surface area (Å²) in [5.74, 6) is -2.52. The fourth-order valence-corrected chi connectivity index (χ4v) is 7.60. The minimum absolute atomic E-state index is 0.0136. The zero-order chi connectivity index (χ0) is 24.7. The van der Waals surface area contributed by atoms with E-state index in [2.05, 4.69) is 13.8 Å². The van der Waals surface area contributed by atoms with Crippen LogP contribution >= 0.6 is 0 Å². The van der Waals surface area contributed by atoms with Gasteiger partial charge in [0.25, 0.3) is 0 Å². The molecule has 2 fully saturated rings. The van der Waals surface area contributed by atoms with Gasteiger partial charge in [-0.15, -0.1) is 0 Å². The Hall–Kier alpha value is -2.28. The highest BCUT2D eigenvalue weighted by molar-refractivity contribution is 6.04. The van der Waals surface area contributed by atoms with Gasteiger partial charge in [-0.1, -0.05) is 63.3 Å². The van der Waals surface area contributed by atoms with Gasteiger partial charge < -0.3 is 20.1 Å². The van der Waals surface area contributed by atoms with Gasteiger partial charge in [0, 0.05) is 29.6 Å². The monoisotopic (exact) mass is 466 g/mol. The number of hydrogen-bond donors (Lipinski definition) is 3. The maximum atomic E-state index is 13.0. The van der Waals surface area contributed by atoms with Crippen LogP contribution in [0.5, 0.6) is 0 Å². The van der Waals surface area contributed by atoms with Crippen molar-refractivity contribution in [2.45, 2.75) is 63.8 Å². The lowest BCUT2D eigenvalue weighted by molar-refractivity contribution is -0.186. The smallest absolute Gasteiger partial charge is 0.310 e. The second-order valence-corrected chi connectivity index (χ2v) is 11.5. The van der Waals surface area contributed by atoms with Gasteiger partial charge in [-0.25, -0.2) is 0 Å². The van der Waals surface area contributed by atoms with Crippen LogP contribution in [0, 0.1) is 29.1 Å². The van der Waals surface area contributed by atoms with Crippen molar-refractivity contribution in [3.05, 3.63) is 59.2 Å². The van der Waals surface area contributed by atoms with E-state index in [1.54, 1.807) is 13.0 Å². The molecule has 2 saturated carbocycles. The predicted molar refractivity (Wildman–Crippen MR) is 125 cm³/mol. The highest BCUT2D eigenvalue weighted by atomic mass is 16.6. The topological polar surface area (TPSA) is 104 Å². The molecule has 0 aromatic heterocycles. The van der Waals surface area contributed by atoms with Gasteiger partial charge >= 0.3 is 5.97 Å². The molecule has 3 N–H and O–H groups in total. The Morgan fingerprint density at radius 3 is 2.47 bits per heavy atom. The molecule has 5 rings (SSSR count). The molecule has 34 heavy (non-hydrogen) atoms. The number of aliphatic hydroxyl groups excluding tert-OH is 1. The molecule has 6 nitrogen and oxygen atoms in total. The Balaban J connectivity index is 1.54. The quantitative estimate of drug-likeness (QED) is 0.466. The second kappa shape index (κ2) is 7.36. The number of esters is 1. The van der Waals surface area contributed by atoms with Gasteiger partial charge in [0.15, 0.2) is 5.78 Å². The van der Waals surface area contributed by atoms with Crippen molar-refractivity contribution in [2.24, 2.45) is 29.1 Å². The standard InChI is InChI=1S/C28H34O6/c1-16-10-21-26(32,24(16)31)14-19(15-29)11-20-23-25(3,4)27(23,13-17(2)28(20,21)33)34-22(30)12-18-8-6-5-7-9-18/h5-11,17,20-21,23,29,32-33H,12-15H2,1-4H3/t17-,20+,21-,23-,26-,27+,28-/m0/s1. The minimum Gasteiger partial charge on any atom is -0.458 e. The molecule has 0 saturated heterocycles. The van der Waals surface area contributed by atoms with Gasteiger partial charge in [0.1, 0.15) is 11.2 Å². The molecule has 4 aliphatic rings. The van der Waals surface area contributed by atoms with Crippen molar-refractivity contribution in [1.82, 2.24) is 0 Å². The van der Waals surface area contributed by atoms with Crippen LogP contribution in [0.3, 0.4) is 0 Å². The lowest BCUT2D eigenvalue weighted by Gasteiger charge is -2.50. The number of carbonyl (C=O) groups is 2. The first-order valence-corrected chi connectivity index (χ1v) is 12.2. The van der Waals surface area contributed by atoms with Crippen LogP contribution in [0.4, 0.5) is 0 Å². The fourth-order valence-electron chi connectivity index (χ4n) is 7.60. The van der Waals surface area contributed by atoms with Crippen molar-refractivity contribution in [3.63, 3.8) is 0 Å². The van der Waals surface area contributed by atoms with E-state index in [1.807, 2.05) is 43.3 Å². The third kappa shape index (κ3) is 2.91. The molecule has 0 radical (unpaired) electrons. The molecule has 6 heteroatoms. The summed E-state index contributed by atoms with van der Waals surface area (Å²) >= 11 is 0. The number of carbonyl (C=O) groups excluding carboxylic acids is 2. The van der Waals surface area contributed by atoms with Gasteiger partial charge in [-0.05, 0) is 36.0 Å². The first-order valence-electron chi connectivity index (χ1n) is 12.2. The van der Waals surface area contributed by atoms with Crippen LogP contribution in [0.25, 0.3) is 0 Å². The van der Waals surface area contributed by atoms with E-state index in [1.165, 1.54) is 0 Å². The van der Waals surface area contributed by atoms with Gasteiger partial charge in [0.05, 0.1) is 18.6 Å². The summed E-state index contributed by atoms with van der Waals surface area (Å²) in [6, 6.07) is 9.47. The van der Waals surface area contributed by atoms with Crippen molar-refractivity contribution >= 4 is 11.8 Å². The van der Waals surface area contributed by atoms with Crippen molar-refractivity contribution < 1.29 is 29.6 Å². The summed E-state index contributed by atoms with van der Waals surface area (Å²) in [6.07, 6.45) is 4.16. The molecule has 0 spiro atoms. The summed E-state index contributed by atoms with van der Waals surface area (Å²) in [4.78, 5) is 26.0. The lowest BCUT2D eigenvalue weighted by Crippen LogP contribution is -2.61. The molecule has 0 amide bonds.